The van der Waals surface area contributed by atoms with Crippen LogP contribution in [-0.4, -0.2) is 108 Å². The number of carbonyl (C=O) groups excluding carboxylic acids is 4. The Balaban J connectivity index is 1.12. The van der Waals surface area contributed by atoms with Gasteiger partial charge in [0.05, 0.1) is 65.9 Å². The molecule has 0 aliphatic carbocycles. The quantitative estimate of drug-likeness (QED) is 0.0792. The first kappa shape index (κ1) is 35.3. The molecule has 0 atom stereocenters. The van der Waals surface area contributed by atoms with Gasteiger partial charge in [-0.05, 0) is 55.2 Å². The third-order valence-corrected chi connectivity index (χ3v) is 6.33. The molecular formula is C32H41N3O10. The fraction of sp³-hybridized carbons (Fsp3) is 0.469. The van der Waals surface area contributed by atoms with E-state index in [2.05, 4.69) is 17.0 Å². The molecule has 244 valence electrons. The van der Waals surface area contributed by atoms with E-state index in [0.717, 1.165) is 12.1 Å². The minimum absolute atomic E-state index is 0.0567. The molecule has 2 aromatic rings. The van der Waals surface area contributed by atoms with E-state index in [-0.39, 0.29) is 38.3 Å². The second-order valence-electron chi connectivity index (χ2n) is 9.75. The van der Waals surface area contributed by atoms with Crippen molar-refractivity contribution >= 4 is 36.0 Å². The lowest BCUT2D eigenvalue weighted by atomic mass is 10.0. The Morgan fingerprint density at radius 2 is 1.27 bits per heavy atom. The molecule has 2 aromatic carbocycles. The minimum atomic E-state index is -0.702. The number of hydrogen-bond acceptors (Lipinski definition) is 12. The fourth-order valence-electron chi connectivity index (χ4n) is 3.97. The SMILES string of the molecule is C=NCCCOc1ccc(C(=O)c2ccc(NCCOCCOCCOCCOCCC(=O)ON3C(=O)CCC3=O)cc2)cc1. The lowest BCUT2D eigenvalue weighted by Gasteiger charge is -2.12. The van der Waals surface area contributed by atoms with E-state index in [1.807, 2.05) is 12.1 Å². The number of carbonyl (C=O) groups is 4. The molecule has 13 heteroatoms. The van der Waals surface area contributed by atoms with Gasteiger partial charge in [0, 0.05) is 49.2 Å². The largest absolute Gasteiger partial charge is 0.494 e. The van der Waals surface area contributed by atoms with Gasteiger partial charge < -0.3 is 38.8 Å². The summed E-state index contributed by atoms with van der Waals surface area (Å²) in [6, 6.07) is 14.4. The van der Waals surface area contributed by atoms with Crippen molar-refractivity contribution < 1.29 is 47.7 Å². The molecule has 1 fully saturated rings. The van der Waals surface area contributed by atoms with E-state index in [4.69, 9.17) is 28.5 Å². The first-order valence-electron chi connectivity index (χ1n) is 14.9. The zero-order chi connectivity index (χ0) is 32.1. The van der Waals surface area contributed by atoms with Gasteiger partial charge in [0.1, 0.15) is 5.75 Å². The van der Waals surface area contributed by atoms with Crippen molar-refractivity contribution in [2.24, 2.45) is 4.99 Å². The van der Waals surface area contributed by atoms with E-state index < -0.39 is 17.8 Å². The van der Waals surface area contributed by atoms with Crippen LogP contribution >= 0.6 is 0 Å². The van der Waals surface area contributed by atoms with Crippen molar-refractivity contribution in [3.8, 4) is 5.75 Å². The summed E-state index contributed by atoms with van der Waals surface area (Å²) in [6.45, 7) is 8.13. The first-order chi connectivity index (χ1) is 22.0. The molecule has 2 amide bonds. The second-order valence-corrected chi connectivity index (χ2v) is 9.75. The highest BCUT2D eigenvalue weighted by molar-refractivity contribution is 6.09. The van der Waals surface area contributed by atoms with Crippen molar-refractivity contribution in [2.75, 3.05) is 77.9 Å². The van der Waals surface area contributed by atoms with Crippen LogP contribution in [0.2, 0.25) is 0 Å². The molecule has 1 N–H and O–H groups in total. The number of hydroxylamine groups is 2. The van der Waals surface area contributed by atoms with Crippen molar-refractivity contribution in [1.29, 1.82) is 0 Å². The molecular weight excluding hydrogens is 586 g/mol. The molecule has 1 heterocycles. The molecule has 1 aliphatic rings. The predicted octanol–water partition coefficient (Wildman–Crippen LogP) is 2.86. The summed E-state index contributed by atoms with van der Waals surface area (Å²) in [5, 5.41) is 3.78. The van der Waals surface area contributed by atoms with Crippen molar-refractivity contribution in [1.82, 2.24) is 5.06 Å². The number of aliphatic imine (C=N–C) groups is 1. The molecule has 45 heavy (non-hydrogen) atoms. The van der Waals surface area contributed by atoms with Gasteiger partial charge in [0.15, 0.2) is 5.78 Å². The highest BCUT2D eigenvalue weighted by atomic mass is 16.7. The van der Waals surface area contributed by atoms with Gasteiger partial charge in [-0.3, -0.25) is 14.4 Å². The summed E-state index contributed by atoms with van der Waals surface area (Å²) >= 11 is 0. The van der Waals surface area contributed by atoms with Crippen LogP contribution in [-0.2, 0) is 38.2 Å². The predicted molar refractivity (Wildman–Crippen MR) is 164 cm³/mol. The van der Waals surface area contributed by atoms with E-state index >= 15 is 0 Å². The number of hydrogen-bond donors (Lipinski definition) is 1. The number of benzene rings is 2. The number of amides is 2. The third kappa shape index (κ3) is 13.6. The lowest BCUT2D eigenvalue weighted by molar-refractivity contribution is -0.198. The monoisotopic (exact) mass is 627 g/mol. The fourth-order valence-corrected chi connectivity index (χ4v) is 3.97. The summed E-state index contributed by atoms with van der Waals surface area (Å²) in [5.41, 5.74) is 2.09. The summed E-state index contributed by atoms with van der Waals surface area (Å²) in [7, 11) is 0. The maximum atomic E-state index is 12.8. The van der Waals surface area contributed by atoms with Crippen LogP contribution in [0, 0.1) is 0 Å². The molecule has 0 radical (unpaired) electrons. The molecule has 3 rings (SSSR count). The Kier molecular flexibility index (Phi) is 16.3. The smallest absolute Gasteiger partial charge is 0.335 e. The molecule has 0 bridgehead atoms. The third-order valence-electron chi connectivity index (χ3n) is 6.33. The van der Waals surface area contributed by atoms with Gasteiger partial charge in [0.25, 0.3) is 11.8 Å². The topological polar surface area (TPSA) is 151 Å². The van der Waals surface area contributed by atoms with Gasteiger partial charge in [-0.15, -0.1) is 5.06 Å². The normalized spacial score (nSPS) is 12.8. The van der Waals surface area contributed by atoms with Crippen LogP contribution in [0.4, 0.5) is 5.69 Å². The van der Waals surface area contributed by atoms with Crippen molar-refractivity contribution in [3.05, 3.63) is 59.7 Å². The Hall–Kier alpha value is -4.17. The second kappa shape index (κ2) is 20.7. The van der Waals surface area contributed by atoms with Crippen LogP contribution in [0.25, 0.3) is 0 Å². The number of nitrogens with one attached hydrogen (secondary N) is 1. The Labute approximate surface area is 262 Å². The Morgan fingerprint density at radius 1 is 0.733 bits per heavy atom. The van der Waals surface area contributed by atoms with Gasteiger partial charge in [-0.25, -0.2) is 4.79 Å². The number of imide groups is 1. The molecule has 1 aliphatic heterocycles. The number of nitrogens with zero attached hydrogens (tertiary/aromatic N) is 2. The van der Waals surface area contributed by atoms with Gasteiger partial charge in [0.2, 0.25) is 0 Å². The molecule has 1 saturated heterocycles. The summed E-state index contributed by atoms with van der Waals surface area (Å²) in [4.78, 5) is 55.8. The van der Waals surface area contributed by atoms with Crippen LogP contribution in [0.15, 0.2) is 53.5 Å². The van der Waals surface area contributed by atoms with E-state index in [9.17, 15) is 19.2 Å². The Morgan fingerprint density at radius 3 is 1.84 bits per heavy atom. The van der Waals surface area contributed by atoms with E-state index in [1.165, 1.54) is 0 Å². The highest BCUT2D eigenvalue weighted by Gasteiger charge is 2.32. The van der Waals surface area contributed by atoms with Crippen molar-refractivity contribution in [3.63, 3.8) is 0 Å². The van der Waals surface area contributed by atoms with Crippen LogP contribution < -0.4 is 10.1 Å². The number of ketones is 1. The number of anilines is 1. The highest BCUT2D eigenvalue weighted by Crippen LogP contribution is 2.17. The van der Waals surface area contributed by atoms with Crippen LogP contribution in [0.1, 0.15) is 41.6 Å². The maximum Gasteiger partial charge on any atom is 0.335 e. The Bertz CT molecular complexity index is 1200. The zero-order valence-electron chi connectivity index (χ0n) is 25.4. The van der Waals surface area contributed by atoms with Crippen LogP contribution in [0.3, 0.4) is 0 Å². The zero-order valence-corrected chi connectivity index (χ0v) is 25.4. The molecule has 0 spiro atoms. The maximum absolute atomic E-state index is 12.8. The average Bonchev–Trinajstić information content (AvgIpc) is 3.37. The average molecular weight is 628 g/mol. The van der Waals surface area contributed by atoms with Crippen molar-refractivity contribution in [2.45, 2.75) is 25.7 Å². The summed E-state index contributed by atoms with van der Waals surface area (Å²) < 4.78 is 27.4. The standard InChI is InChI=1S/C32H41N3O10/c1-33-14-2-16-44-28-9-5-26(6-10-28)32(39)25-3-7-27(8-4-25)34-15-18-41-20-22-43-24-23-42-21-19-40-17-13-31(38)45-35-29(36)11-12-30(35)37/h3-10,34H,1-2,11-24H2. The molecule has 0 aromatic heterocycles. The number of ether oxygens (including phenoxy) is 5. The minimum Gasteiger partial charge on any atom is -0.494 e. The van der Waals surface area contributed by atoms with Gasteiger partial charge in [-0.2, -0.15) is 0 Å². The molecule has 0 saturated carbocycles. The summed E-state index contributed by atoms with van der Waals surface area (Å²) in [5.74, 6) is -1.07. The summed E-state index contributed by atoms with van der Waals surface area (Å²) in [6.07, 6.45) is 0.832. The molecule has 13 nitrogen and oxygen atoms in total. The number of rotatable bonds is 24. The van der Waals surface area contributed by atoms with Gasteiger partial charge in [-0.1, -0.05) is 0 Å². The molecule has 0 unspecified atom stereocenters. The lowest BCUT2D eigenvalue weighted by Crippen LogP contribution is -2.32. The first-order valence-corrected chi connectivity index (χ1v) is 14.9. The van der Waals surface area contributed by atoms with E-state index in [0.29, 0.717) is 81.3 Å². The van der Waals surface area contributed by atoms with Crippen LogP contribution in [0.5, 0.6) is 5.75 Å². The van der Waals surface area contributed by atoms with Gasteiger partial charge >= 0.3 is 5.97 Å². The van der Waals surface area contributed by atoms with E-state index in [1.54, 1.807) is 36.4 Å².